The van der Waals surface area contributed by atoms with E-state index in [2.05, 4.69) is 27.7 Å². The van der Waals surface area contributed by atoms with E-state index < -0.39 is 5.60 Å². The van der Waals surface area contributed by atoms with Crippen LogP contribution in [0.4, 0.5) is 4.79 Å². The molecule has 0 aromatic carbocycles. The third-order valence-corrected chi connectivity index (χ3v) is 7.26. The van der Waals surface area contributed by atoms with Gasteiger partial charge in [0.15, 0.2) is 0 Å². The Bertz CT molecular complexity index is 567. The molecule has 25 heavy (non-hydrogen) atoms. The Labute approximate surface area is 151 Å². The zero-order chi connectivity index (χ0) is 18.5. The van der Waals surface area contributed by atoms with Crippen molar-refractivity contribution >= 4 is 13.2 Å². The van der Waals surface area contributed by atoms with Crippen molar-refractivity contribution in [3.63, 3.8) is 0 Å². The van der Waals surface area contributed by atoms with Gasteiger partial charge in [-0.1, -0.05) is 0 Å². The summed E-state index contributed by atoms with van der Waals surface area (Å²) in [4.78, 5) is 14.0. The van der Waals surface area contributed by atoms with Crippen LogP contribution >= 0.6 is 0 Å². The maximum absolute atomic E-state index is 12.1. The molecule has 3 aliphatic carbocycles. The van der Waals surface area contributed by atoms with Crippen molar-refractivity contribution in [2.45, 2.75) is 89.8 Å². The van der Waals surface area contributed by atoms with E-state index in [9.17, 15) is 4.79 Å². The average molecular weight is 349 g/mol. The number of ether oxygens (including phenoxy) is 1. The highest BCUT2D eigenvalue weighted by Gasteiger charge is 2.78. The predicted octanol–water partition coefficient (Wildman–Crippen LogP) is 3.87. The van der Waals surface area contributed by atoms with Crippen LogP contribution in [0.1, 0.15) is 67.7 Å². The van der Waals surface area contributed by atoms with E-state index in [4.69, 9.17) is 14.0 Å². The van der Waals surface area contributed by atoms with E-state index in [1.54, 1.807) is 0 Å². The molecule has 0 aromatic heterocycles. The molecule has 0 spiro atoms. The first-order chi connectivity index (χ1) is 11.3. The molecule has 0 N–H and O–H groups in total. The molecule has 5 nitrogen and oxygen atoms in total. The second-order valence-electron chi connectivity index (χ2n) is 10.9. The van der Waals surface area contributed by atoms with E-state index in [1.807, 2.05) is 25.7 Å². The lowest BCUT2D eigenvalue weighted by atomic mass is 9.22. The van der Waals surface area contributed by atoms with Gasteiger partial charge < -0.3 is 18.9 Å². The molecule has 2 aliphatic heterocycles. The van der Waals surface area contributed by atoms with Gasteiger partial charge in [0.2, 0.25) is 0 Å². The Morgan fingerprint density at radius 1 is 1.04 bits per heavy atom. The summed E-state index contributed by atoms with van der Waals surface area (Å²) < 4.78 is 18.0. The minimum absolute atomic E-state index is 0.0681. The van der Waals surface area contributed by atoms with Crippen molar-refractivity contribution in [2.75, 3.05) is 13.1 Å². The fraction of sp³-hybridized carbons (Fsp3) is 0.947. The largest absolute Gasteiger partial charge is 0.464 e. The lowest BCUT2D eigenvalue weighted by molar-refractivity contribution is -0.185. The van der Waals surface area contributed by atoms with Crippen LogP contribution in [0.5, 0.6) is 0 Å². The quantitative estimate of drug-likeness (QED) is 0.710. The Hall–Kier alpha value is -0.745. The van der Waals surface area contributed by atoms with Gasteiger partial charge in [-0.2, -0.15) is 0 Å². The number of hydrogen-bond donors (Lipinski definition) is 0. The third-order valence-electron chi connectivity index (χ3n) is 7.26. The molecule has 5 aliphatic rings. The molecule has 0 aromatic rings. The number of nitrogens with zero attached hydrogens (tertiary/aromatic N) is 1. The van der Waals surface area contributed by atoms with Gasteiger partial charge in [0.1, 0.15) is 5.60 Å². The summed E-state index contributed by atoms with van der Waals surface area (Å²) in [5.74, 6) is 0.615. The molecular weight excluding hydrogens is 317 g/mol. The van der Waals surface area contributed by atoms with Crippen molar-refractivity contribution in [3.8, 4) is 0 Å². The van der Waals surface area contributed by atoms with Gasteiger partial charge in [-0.3, -0.25) is 0 Å². The number of carbonyl (C=O) groups excluding carboxylic acids is 1. The summed E-state index contributed by atoms with van der Waals surface area (Å²) >= 11 is 0. The van der Waals surface area contributed by atoms with Crippen molar-refractivity contribution in [3.05, 3.63) is 0 Å². The Morgan fingerprint density at radius 3 is 1.96 bits per heavy atom. The lowest BCUT2D eigenvalue weighted by Gasteiger charge is -2.75. The highest BCUT2D eigenvalue weighted by molar-refractivity contribution is 6.51. The molecule has 3 saturated carbocycles. The predicted molar refractivity (Wildman–Crippen MR) is 96.4 cm³/mol. The van der Waals surface area contributed by atoms with Gasteiger partial charge >= 0.3 is 13.2 Å². The van der Waals surface area contributed by atoms with Crippen molar-refractivity contribution in [1.82, 2.24) is 4.90 Å². The molecule has 5 rings (SSSR count). The number of carbonyl (C=O) groups is 1. The Kier molecular flexibility index (Phi) is 3.35. The van der Waals surface area contributed by atoms with Crippen molar-refractivity contribution in [2.24, 2.45) is 11.3 Å². The molecule has 2 bridgehead atoms. The van der Waals surface area contributed by atoms with Gasteiger partial charge in [0, 0.05) is 18.4 Å². The third kappa shape index (κ3) is 2.47. The molecule has 2 saturated heterocycles. The standard InChI is InChI=1S/C19H32BNO4/c1-15(2,3)23-14(22)21-8-13(9-21)18-10-19(11-18,12-18)20-24-16(4,5)17(6,7)25-20/h13H,8-12H2,1-7H3. The zero-order valence-corrected chi connectivity index (χ0v) is 16.8. The van der Waals surface area contributed by atoms with Gasteiger partial charge in [-0.25, -0.2) is 4.79 Å². The first kappa shape index (κ1) is 17.7. The fourth-order valence-corrected chi connectivity index (χ4v) is 5.07. The monoisotopic (exact) mass is 349 g/mol. The summed E-state index contributed by atoms with van der Waals surface area (Å²) in [5, 5.41) is 0.220. The van der Waals surface area contributed by atoms with Gasteiger partial charge in [0.05, 0.1) is 11.2 Å². The number of hydrogen-bond acceptors (Lipinski definition) is 4. The van der Waals surface area contributed by atoms with Crippen LogP contribution in [0.25, 0.3) is 0 Å². The van der Waals surface area contributed by atoms with Crippen LogP contribution < -0.4 is 0 Å². The maximum Gasteiger partial charge on any atom is 0.464 e. The zero-order valence-electron chi connectivity index (χ0n) is 16.8. The van der Waals surface area contributed by atoms with E-state index in [1.165, 1.54) is 19.3 Å². The van der Waals surface area contributed by atoms with Crippen LogP contribution in [0.15, 0.2) is 0 Å². The summed E-state index contributed by atoms with van der Waals surface area (Å²) in [6.07, 6.45) is 3.38. The van der Waals surface area contributed by atoms with Crippen LogP contribution in [-0.4, -0.2) is 48.0 Å². The number of likely N-dealkylation sites (tertiary alicyclic amines) is 1. The lowest BCUT2D eigenvalue weighted by Crippen LogP contribution is -2.72. The van der Waals surface area contributed by atoms with Crippen LogP contribution in [0.2, 0.25) is 5.31 Å². The number of amides is 1. The minimum atomic E-state index is -0.417. The SMILES string of the molecule is CC(C)(C)OC(=O)N1CC(C23CC(B4OC(C)(C)C(C)(C)O4)(C2)C3)C1. The van der Waals surface area contributed by atoms with E-state index in [0.717, 1.165) is 13.1 Å². The molecule has 0 radical (unpaired) electrons. The van der Waals surface area contributed by atoms with Gasteiger partial charge in [-0.05, 0) is 79.1 Å². The Balaban J connectivity index is 1.29. The molecule has 0 atom stereocenters. The highest BCUT2D eigenvalue weighted by Crippen LogP contribution is 2.83. The van der Waals surface area contributed by atoms with Crippen molar-refractivity contribution < 1.29 is 18.8 Å². The van der Waals surface area contributed by atoms with E-state index >= 15 is 0 Å². The van der Waals surface area contributed by atoms with E-state index in [-0.39, 0.29) is 29.7 Å². The summed E-state index contributed by atoms with van der Waals surface area (Å²) in [7, 11) is -0.0681. The maximum atomic E-state index is 12.1. The van der Waals surface area contributed by atoms with E-state index in [0.29, 0.717) is 11.3 Å². The number of rotatable bonds is 2. The average Bonchev–Trinajstić information content (AvgIpc) is 2.44. The first-order valence-electron chi connectivity index (χ1n) is 9.61. The fourth-order valence-electron chi connectivity index (χ4n) is 5.07. The molecule has 1 amide bonds. The van der Waals surface area contributed by atoms with Gasteiger partial charge in [0.25, 0.3) is 0 Å². The molecule has 140 valence electrons. The minimum Gasteiger partial charge on any atom is -0.444 e. The summed E-state index contributed by atoms with van der Waals surface area (Å²) in [5.41, 5.74) is -0.490. The second kappa shape index (κ2) is 4.75. The molecule has 0 unspecified atom stereocenters. The normalized spacial score (nSPS) is 38.7. The molecule has 5 fully saturated rings. The molecule has 2 heterocycles. The van der Waals surface area contributed by atoms with Crippen LogP contribution in [0.3, 0.4) is 0 Å². The smallest absolute Gasteiger partial charge is 0.444 e. The summed E-state index contributed by atoms with van der Waals surface area (Å²) in [6.45, 7) is 15.9. The van der Waals surface area contributed by atoms with Crippen molar-refractivity contribution in [1.29, 1.82) is 0 Å². The molecular formula is C19H32BNO4. The first-order valence-corrected chi connectivity index (χ1v) is 9.61. The summed E-state index contributed by atoms with van der Waals surface area (Å²) in [6, 6.07) is 0. The highest BCUT2D eigenvalue weighted by atomic mass is 16.7. The Morgan fingerprint density at radius 2 is 1.52 bits per heavy atom. The topological polar surface area (TPSA) is 48.0 Å². The van der Waals surface area contributed by atoms with Crippen LogP contribution in [0, 0.1) is 11.3 Å². The van der Waals surface area contributed by atoms with Crippen LogP contribution in [-0.2, 0) is 14.0 Å². The second-order valence-corrected chi connectivity index (χ2v) is 10.9. The van der Waals surface area contributed by atoms with Gasteiger partial charge in [-0.15, -0.1) is 0 Å². The molecule has 6 heteroatoms.